The van der Waals surface area contributed by atoms with Gasteiger partial charge in [-0.2, -0.15) is 0 Å². The number of hydrogen-bond acceptors (Lipinski definition) is 15. The summed E-state index contributed by atoms with van der Waals surface area (Å²) in [6.45, 7) is 22.0. The lowest BCUT2D eigenvalue weighted by Gasteiger charge is -2.53. The second kappa shape index (κ2) is 22.5. The number of likely N-dealkylation sites (N-methyl/N-ethyl adjacent to an activating group) is 1. The highest BCUT2D eigenvalue weighted by Crippen LogP contribution is 2.44. The summed E-state index contributed by atoms with van der Waals surface area (Å²) in [7, 11) is 2.17. The second-order valence-corrected chi connectivity index (χ2v) is 24.4. The second-order valence-electron chi connectivity index (χ2n) is 23.5. The van der Waals surface area contributed by atoms with Crippen LogP contribution in [0.5, 0.6) is 0 Å². The van der Waals surface area contributed by atoms with Crippen molar-refractivity contribution in [3.63, 3.8) is 0 Å². The fourth-order valence-electron chi connectivity index (χ4n) is 12.3. The van der Waals surface area contributed by atoms with Gasteiger partial charge in [0.05, 0.1) is 68.3 Å². The number of carbonyl (C=O) groups excluding carboxylic acids is 3. The summed E-state index contributed by atoms with van der Waals surface area (Å²) in [5.74, 6) is 6.23. The molecule has 3 aromatic heterocycles. The number of ether oxygens (including phenoxy) is 5. The van der Waals surface area contributed by atoms with Gasteiger partial charge in [0.1, 0.15) is 23.2 Å². The molecule has 18 heteroatoms. The number of hydrazine groups is 1. The van der Waals surface area contributed by atoms with Crippen LogP contribution in [-0.4, -0.2) is 181 Å². The maximum Gasteiger partial charge on any atom is 0.325 e. The van der Waals surface area contributed by atoms with Crippen LogP contribution in [-0.2, 0) is 51.0 Å². The first-order chi connectivity index (χ1) is 36.7. The highest BCUT2D eigenvalue weighted by Gasteiger charge is 2.53. The summed E-state index contributed by atoms with van der Waals surface area (Å²) >= 11 is 1.49. The van der Waals surface area contributed by atoms with Gasteiger partial charge in [-0.15, -0.1) is 11.3 Å². The summed E-state index contributed by atoms with van der Waals surface area (Å²) in [6, 6.07) is 6.39. The zero-order valence-corrected chi connectivity index (χ0v) is 46.3. The molecule has 10 heterocycles. The molecule has 0 unspecified atom stereocenters. The minimum absolute atomic E-state index is 0.00751. The number of nitrogens with zero attached hydrogens (tertiary/aromatic N) is 7. The molecule has 2 amide bonds. The smallest absolute Gasteiger partial charge is 0.325 e. The molecule has 76 heavy (non-hydrogen) atoms. The number of carbonyl (C=O) groups is 3. The third-order valence-electron chi connectivity index (χ3n) is 17.0. The molecule has 6 saturated heterocycles. The summed E-state index contributed by atoms with van der Waals surface area (Å²) < 4.78 is 32.8. The number of hydrogen-bond donors (Lipinski definition) is 2. The average molecular weight is 1060 g/mol. The molecule has 2 N–H and O–H groups in total. The van der Waals surface area contributed by atoms with Crippen molar-refractivity contribution in [2.24, 2.45) is 17.3 Å². The first-order valence-electron chi connectivity index (χ1n) is 27.9. The number of aromatic nitrogens is 3. The Bertz CT molecular complexity index is 2830. The summed E-state index contributed by atoms with van der Waals surface area (Å²) in [4.78, 5) is 61.7. The topological polar surface area (TPSA) is 165 Å². The van der Waals surface area contributed by atoms with Crippen LogP contribution in [0.4, 0.5) is 0 Å². The van der Waals surface area contributed by atoms with E-state index >= 15 is 4.79 Å². The van der Waals surface area contributed by atoms with Crippen LogP contribution < -0.4 is 10.7 Å². The number of amides is 2. The number of rotatable bonds is 10. The van der Waals surface area contributed by atoms with E-state index in [1.54, 1.807) is 5.01 Å². The van der Waals surface area contributed by atoms with E-state index in [0.717, 1.165) is 89.3 Å². The van der Waals surface area contributed by atoms with E-state index in [1.807, 2.05) is 13.1 Å². The maximum atomic E-state index is 15.3. The number of morpholine rings is 1. The number of esters is 1. The fraction of sp³-hybridized carbons (Fsp3) is 0.638. The van der Waals surface area contributed by atoms with Crippen LogP contribution in [0.3, 0.4) is 0 Å². The Morgan fingerprint density at radius 2 is 1.78 bits per heavy atom. The Morgan fingerprint density at radius 1 is 1.01 bits per heavy atom. The molecular weight excluding hydrogens is 983 g/mol. The van der Waals surface area contributed by atoms with Gasteiger partial charge in [0.15, 0.2) is 0 Å². The lowest BCUT2D eigenvalue weighted by molar-refractivity contribution is -0.174. The van der Waals surface area contributed by atoms with E-state index in [4.69, 9.17) is 33.7 Å². The predicted molar refractivity (Wildman–Crippen MR) is 290 cm³/mol. The van der Waals surface area contributed by atoms with E-state index in [2.05, 4.69) is 113 Å². The van der Waals surface area contributed by atoms with E-state index in [0.29, 0.717) is 83.5 Å². The number of benzene rings is 1. The first-order valence-corrected chi connectivity index (χ1v) is 28.8. The predicted octanol–water partition coefficient (Wildman–Crippen LogP) is 5.65. The first kappa shape index (κ1) is 53.2. The zero-order valence-electron chi connectivity index (χ0n) is 45.5. The third-order valence-corrected chi connectivity index (χ3v) is 17.9. The number of thiazole rings is 1. The lowest BCUT2D eigenvalue weighted by Crippen LogP contribution is -2.72. The van der Waals surface area contributed by atoms with Crippen molar-refractivity contribution in [2.75, 3.05) is 92.6 Å². The van der Waals surface area contributed by atoms with E-state index in [9.17, 15) is 9.59 Å². The molecule has 4 aromatic rings. The Balaban J connectivity index is 1.06. The molecule has 8 aliphatic rings. The number of piperazine rings is 1. The number of pyridine rings is 1. The van der Waals surface area contributed by atoms with Crippen LogP contribution in [0, 0.1) is 29.1 Å². The van der Waals surface area contributed by atoms with E-state index in [-0.39, 0.29) is 60.3 Å². The van der Waals surface area contributed by atoms with Gasteiger partial charge >= 0.3 is 5.97 Å². The largest absolute Gasteiger partial charge is 0.464 e. The van der Waals surface area contributed by atoms with Crippen molar-refractivity contribution >= 4 is 40.0 Å². The van der Waals surface area contributed by atoms with Crippen LogP contribution >= 0.6 is 11.3 Å². The molecule has 7 fully saturated rings. The number of cyclic esters (lactones) is 1. The van der Waals surface area contributed by atoms with Crippen molar-refractivity contribution in [2.45, 2.75) is 129 Å². The third kappa shape index (κ3) is 11.0. The molecule has 1 saturated carbocycles. The highest BCUT2D eigenvalue weighted by atomic mass is 32.1. The molecule has 7 aliphatic heterocycles. The van der Waals surface area contributed by atoms with Gasteiger partial charge in [0, 0.05) is 116 Å². The summed E-state index contributed by atoms with van der Waals surface area (Å²) in [5.41, 5.74) is 10.6. The van der Waals surface area contributed by atoms with Crippen molar-refractivity contribution in [1.29, 1.82) is 0 Å². The molecular formula is C58H77N9O8S. The Kier molecular flexibility index (Phi) is 15.8. The standard InChI is InChI=1S/C58H77N9O8S/c1-35(2)48-44(26-38(31-59-48)9-8-37(4)64-16-14-63(7)15-17-64)51-45-30-58(5,6)34-75-57(70)49-40-27-41(28-40)67(62-49)56(69)50(61-54(68)53-36(3)32-74-53)52(65-18-23-72-24-19-65)55-60-46(33-76-55)39-10-11-47(43(45)29-39)66(51)20-25-73-42-12-21-71-22-13-42/h10-11,26,29,31,33,35-37,40-42,49-50,52-53,62H,12-25,27-28,30,32,34H2,1-7H3,(H,61,68)/t36-,37+,40?,41?,49-,50-,52-,53-/m0/s1. The molecule has 0 spiro atoms. The maximum absolute atomic E-state index is 15.3. The van der Waals surface area contributed by atoms with E-state index < -0.39 is 29.6 Å². The fourth-order valence-corrected chi connectivity index (χ4v) is 13.3. The van der Waals surface area contributed by atoms with Crippen molar-refractivity contribution in [3.8, 4) is 34.4 Å². The van der Waals surface area contributed by atoms with Crippen LogP contribution in [0.1, 0.15) is 101 Å². The molecule has 8 bridgehead atoms. The Hall–Kier alpha value is -4.81. The van der Waals surface area contributed by atoms with Gasteiger partial charge < -0.3 is 38.5 Å². The SMILES string of the molecule is CC(C)c1ncc(C#C[C@@H](C)N2CCN(C)CC2)cc1-c1c2c3cc(ccc3n1CCOC1CCOCC1)-c1csc(n1)[C@@H](N1CCOCC1)[C@H](NC(=O)[C@H]1OC[C@@H]1C)C(=O)N1N[C@H](C(=O)OCC(C)(C)C2)C2CC1C2. The normalized spacial score (nSPS) is 28.2. The number of fused-ring (bicyclic) bond motifs is 4. The molecule has 12 rings (SSSR count). The van der Waals surface area contributed by atoms with Gasteiger partial charge in [-0.3, -0.25) is 34.2 Å². The van der Waals surface area contributed by atoms with Crippen LogP contribution in [0.2, 0.25) is 0 Å². The zero-order chi connectivity index (χ0) is 52.8. The Morgan fingerprint density at radius 3 is 2.50 bits per heavy atom. The molecule has 1 aromatic carbocycles. The van der Waals surface area contributed by atoms with Gasteiger partial charge in [-0.25, -0.2) is 10.4 Å². The Labute approximate surface area is 451 Å². The minimum Gasteiger partial charge on any atom is -0.464 e. The van der Waals surface area contributed by atoms with Gasteiger partial charge in [0.25, 0.3) is 5.91 Å². The van der Waals surface area contributed by atoms with Crippen LogP contribution in [0.25, 0.3) is 33.4 Å². The molecule has 408 valence electrons. The van der Waals surface area contributed by atoms with Gasteiger partial charge in [0.2, 0.25) is 5.91 Å². The van der Waals surface area contributed by atoms with Crippen molar-refractivity contribution in [1.82, 2.24) is 45.0 Å². The van der Waals surface area contributed by atoms with Crippen LogP contribution in [0.15, 0.2) is 35.8 Å². The molecule has 17 nitrogen and oxygen atoms in total. The van der Waals surface area contributed by atoms with Crippen molar-refractivity contribution < 1.29 is 38.1 Å². The van der Waals surface area contributed by atoms with E-state index in [1.165, 1.54) is 11.3 Å². The molecule has 1 aliphatic carbocycles. The summed E-state index contributed by atoms with van der Waals surface area (Å²) in [6.07, 6.45) is 4.99. The highest BCUT2D eigenvalue weighted by molar-refractivity contribution is 7.10. The molecule has 0 radical (unpaired) electrons. The molecule has 6 atom stereocenters. The number of nitrogens with one attached hydrogen (secondary N) is 2. The monoisotopic (exact) mass is 1060 g/mol. The quantitative estimate of drug-likeness (QED) is 0.148. The summed E-state index contributed by atoms with van der Waals surface area (Å²) in [5, 5.41) is 8.65. The van der Waals surface area contributed by atoms with Gasteiger partial charge in [-0.1, -0.05) is 52.5 Å². The van der Waals surface area contributed by atoms with Gasteiger partial charge in [-0.05, 0) is 81.7 Å². The van der Waals surface area contributed by atoms with Crippen molar-refractivity contribution in [3.05, 3.63) is 57.7 Å². The minimum atomic E-state index is -1.05. The average Bonchev–Trinajstić information content (AvgIpc) is 4.03. The lowest BCUT2D eigenvalue weighted by atomic mass is 9.73.